The first-order valence-electron chi connectivity index (χ1n) is 6.28. The summed E-state index contributed by atoms with van der Waals surface area (Å²) in [6.07, 6.45) is 6.66. The highest BCUT2D eigenvalue weighted by Gasteiger charge is 2.10. The van der Waals surface area contributed by atoms with E-state index in [1.165, 1.54) is 18.4 Å². The Bertz CT molecular complexity index is 277. The van der Waals surface area contributed by atoms with Crippen molar-refractivity contribution in [1.29, 1.82) is 0 Å². The maximum atomic E-state index is 5.38. The van der Waals surface area contributed by atoms with E-state index in [1.807, 2.05) is 6.92 Å². The van der Waals surface area contributed by atoms with Gasteiger partial charge in [-0.1, -0.05) is 20.3 Å². The summed E-state index contributed by atoms with van der Waals surface area (Å²) >= 11 is 0. The lowest BCUT2D eigenvalue weighted by atomic mass is 10.1. The minimum atomic E-state index is 0.484. The molecule has 0 fully saturated rings. The van der Waals surface area contributed by atoms with Gasteiger partial charge in [-0.2, -0.15) is 0 Å². The Labute approximate surface area is 98.8 Å². The van der Waals surface area contributed by atoms with E-state index >= 15 is 0 Å². The summed E-state index contributed by atoms with van der Waals surface area (Å²) in [5.41, 5.74) is 1.36. The second kappa shape index (κ2) is 7.47. The van der Waals surface area contributed by atoms with Gasteiger partial charge in [0.05, 0.1) is 0 Å². The van der Waals surface area contributed by atoms with Crippen LogP contribution in [0.5, 0.6) is 0 Å². The minimum Gasteiger partial charge on any atom is -0.361 e. The van der Waals surface area contributed by atoms with Gasteiger partial charge in [-0.25, -0.2) is 0 Å². The molecule has 1 unspecified atom stereocenters. The van der Waals surface area contributed by atoms with Crippen molar-refractivity contribution in [3.05, 3.63) is 24.0 Å². The number of aromatic nitrogens is 1. The Morgan fingerprint density at radius 2 is 2.19 bits per heavy atom. The molecule has 0 spiro atoms. The van der Waals surface area contributed by atoms with Gasteiger partial charge in [-0.05, 0) is 31.5 Å². The van der Waals surface area contributed by atoms with Crippen molar-refractivity contribution in [1.82, 2.24) is 9.88 Å². The summed E-state index contributed by atoms with van der Waals surface area (Å²) in [6, 6.07) is 2.67. The molecule has 0 bridgehead atoms. The maximum Gasteiger partial charge on any atom is 0.122 e. The first-order valence-corrected chi connectivity index (χ1v) is 6.28. The van der Waals surface area contributed by atoms with Gasteiger partial charge in [0.15, 0.2) is 0 Å². The quantitative estimate of drug-likeness (QED) is 0.735. The Kier molecular flexibility index (Phi) is 6.19. The van der Waals surface area contributed by atoms with Crippen molar-refractivity contribution in [2.24, 2.45) is 0 Å². The molecule has 0 radical (unpaired) electrons. The molecule has 0 saturated carbocycles. The molecule has 0 aromatic carbocycles. The van der Waals surface area contributed by atoms with Crippen molar-refractivity contribution >= 4 is 0 Å². The zero-order valence-electron chi connectivity index (χ0n) is 10.7. The molecular weight excluding hydrogens is 200 g/mol. The molecule has 16 heavy (non-hydrogen) atoms. The summed E-state index contributed by atoms with van der Waals surface area (Å²) in [7, 11) is 0. The molecule has 0 aliphatic rings. The molecule has 1 N–H and O–H groups in total. The summed E-state index contributed by atoms with van der Waals surface area (Å²) < 4.78 is 7.47. The fourth-order valence-corrected chi connectivity index (χ4v) is 1.86. The van der Waals surface area contributed by atoms with Crippen molar-refractivity contribution in [2.45, 2.75) is 46.4 Å². The maximum absolute atomic E-state index is 5.38. The minimum absolute atomic E-state index is 0.484. The Balaban J connectivity index is 2.58. The lowest BCUT2D eigenvalue weighted by molar-refractivity contribution is 0.0880. The molecule has 1 aromatic rings. The predicted octanol–water partition coefficient (Wildman–Crippen LogP) is 2.93. The van der Waals surface area contributed by atoms with Gasteiger partial charge in [0.25, 0.3) is 0 Å². The zero-order valence-corrected chi connectivity index (χ0v) is 10.7. The molecule has 92 valence electrons. The van der Waals surface area contributed by atoms with Crippen LogP contribution in [-0.4, -0.2) is 17.7 Å². The van der Waals surface area contributed by atoms with E-state index in [0.29, 0.717) is 12.8 Å². The molecule has 0 aliphatic heterocycles. The number of hydrogen-bond acceptors (Lipinski definition) is 2. The van der Waals surface area contributed by atoms with Crippen LogP contribution in [0.3, 0.4) is 0 Å². The Morgan fingerprint density at radius 3 is 2.81 bits per heavy atom. The van der Waals surface area contributed by atoms with Crippen molar-refractivity contribution in [3.63, 3.8) is 0 Å². The first-order chi connectivity index (χ1) is 7.81. The van der Waals surface area contributed by atoms with Gasteiger partial charge < -0.3 is 14.6 Å². The van der Waals surface area contributed by atoms with Crippen molar-refractivity contribution in [2.75, 3.05) is 13.2 Å². The number of ether oxygens (including phenoxy) is 1. The number of nitrogens with zero attached hydrogens (tertiary/aromatic N) is 1. The van der Waals surface area contributed by atoms with E-state index in [9.17, 15) is 0 Å². The lowest BCUT2D eigenvalue weighted by Crippen LogP contribution is -2.20. The molecule has 0 saturated heterocycles. The molecule has 1 heterocycles. The Hall–Kier alpha value is -0.800. The molecule has 1 atom stereocenters. The van der Waals surface area contributed by atoms with E-state index in [1.54, 1.807) is 0 Å². The highest BCUT2D eigenvalue weighted by Crippen LogP contribution is 2.18. The van der Waals surface area contributed by atoms with Gasteiger partial charge in [-0.15, -0.1) is 0 Å². The van der Waals surface area contributed by atoms with E-state index in [2.05, 4.69) is 42.2 Å². The molecular formula is C13H24N2O. The van der Waals surface area contributed by atoms with E-state index in [4.69, 9.17) is 4.74 Å². The average Bonchev–Trinajstić information content (AvgIpc) is 2.74. The molecule has 3 nitrogen and oxygen atoms in total. The third-order valence-electron chi connectivity index (χ3n) is 2.65. The second-order valence-electron chi connectivity index (χ2n) is 3.98. The third-order valence-corrected chi connectivity index (χ3v) is 2.65. The van der Waals surface area contributed by atoms with Crippen LogP contribution >= 0.6 is 0 Å². The predicted molar refractivity (Wildman–Crippen MR) is 67.4 cm³/mol. The zero-order chi connectivity index (χ0) is 11.8. The van der Waals surface area contributed by atoms with Crippen LogP contribution in [0.15, 0.2) is 18.5 Å². The largest absolute Gasteiger partial charge is 0.361 e. The van der Waals surface area contributed by atoms with Gasteiger partial charge in [0.2, 0.25) is 0 Å². The normalized spacial score (nSPS) is 12.9. The topological polar surface area (TPSA) is 26.2 Å². The summed E-state index contributed by atoms with van der Waals surface area (Å²) in [6.45, 7) is 8.83. The van der Waals surface area contributed by atoms with E-state index in [-0.39, 0.29) is 0 Å². The highest BCUT2D eigenvalue weighted by atomic mass is 16.5. The van der Waals surface area contributed by atoms with Gasteiger partial charge in [0.1, 0.15) is 6.73 Å². The SMILES string of the molecule is CCCC(NCC)c1ccn(COCC)c1. The summed E-state index contributed by atoms with van der Waals surface area (Å²) in [4.78, 5) is 0. The molecule has 1 rings (SSSR count). The third kappa shape index (κ3) is 3.99. The van der Waals surface area contributed by atoms with Gasteiger partial charge in [-0.3, -0.25) is 0 Å². The molecule has 1 aromatic heterocycles. The lowest BCUT2D eigenvalue weighted by Gasteiger charge is -2.15. The smallest absolute Gasteiger partial charge is 0.122 e. The van der Waals surface area contributed by atoms with Gasteiger partial charge in [0, 0.05) is 25.0 Å². The van der Waals surface area contributed by atoms with E-state index < -0.39 is 0 Å². The standard InChI is InChI=1S/C13H24N2O/c1-4-7-13(14-5-2)12-8-9-15(10-12)11-16-6-3/h8-10,13-14H,4-7,11H2,1-3H3. The fourth-order valence-electron chi connectivity index (χ4n) is 1.86. The highest BCUT2D eigenvalue weighted by molar-refractivity contribution is 5.15. The van der Waals surface area contributed by atoms with Crippen LogP contribution in [0.4, 0.5) is 0 Å². The average molecular weight is 224 g/mol. The Morgan fingerprint density at radius 1 is 1.38 bits per heavy atom. The summed E-state index contributed by atoms with van der Waals surface area (Å²) in [5.74, 6) is 0. The van der Waals surface area contributed by atoms with Crippen LogP contribution < -0.4 is 5.32 Å². The van der Waals surface area contributed by atoms with Crippen LogP contribution in [-0.2, 0) is 11.5 Å². The van der Waals surface area contributed by atoms with Crippen LogP contribution in [0, 0.1) is 0 Å². The van der Waals surface area contributed by atoms with Crippen LogP contribution in [0.2, 0.25) is 0 Å². The monoisotopic (exact) mass is 224 g/mol. The number of nitrogens with one attached hydrogen (secondary N) is 1. The summed E-state index contributed by atoms with van der Waals surface area (Å²) in [5, 5.41) is 3.52. The number of rotatable bonds is 8. The molecule has 0 amide bonds. The van der Waals surface area contributed by atoms with Crippen molar-refractivity contribution < 1.29 is 4.74 Å². The van der Waals surface area contributed by atoms with Crippen LogP contribution in [0.1, 0.15) is 45.2 Å². The number of hydrogen-bond donors (Lipinski definition) is 1. The van der Waals surface area contributed by atoms with Crippen LogP contribution in [0.25, 0.3) is 0 Å². The second-order valence-corrected chi connectivity index (χ2v) is 3.98. The van der Waals surface area contributed by atoms with Gasteiger partial charge >= 0.3 is 0 Å². The first kappa shape index (κ1) is 13.3. The van der Waals surface area contributed by atoms with E-state index in [0.717, 1.165) is 13.2 Å². The van der Waals surface area contributed by atoms with Crippen molar-refractivity contribution in [3.8, 4) is 0 Å². The molecule has 0 aliphatic carbocycles. The molecule has 3 heteroatoms. The fraction of sp³-hybridized carbons (Fsp3) is 0.692.